The van der Waals surface area contributed by atoms with Gasteiger partial charge >= 0.3 is 5.97 Å². The van der Waals surface area contributed by atoms with Crippen LogP contribution in [0.15, 0.2) is 0 Å². The van der Waals surface area contributed by atoms with Gasteiger partial charge in [-0.1, -0.05) is 6.92 Å². The highest BCUT2D eigenvalue weighted by atomic mass is 16.5. The molecular weight excluding hydrogens is 180 g/mol. The summed E-state index contributed by atoms with van der Waals surface area (Å²) in [6.07, 6.45) is 2.49. The first-order chi connectivity index (χ1) is 6.63. The number of ether oxygens (including phenoxy) is 1. The molecule has 4 heteroatoms. The van der Waals surface area contributed by atoms with E-state index in [1.54, 1.807) is 0 Å². The van der Waals surface area contributed by atoms with Gasteiger partial charge in [0.1, 0.15) is 6.04 Å². The van der Waals surface area contributed by atoms with Crippen LogP contribution >= 0.6 is 0 Å². The van der Waals surface area contributed by atoms with E-state index in [-0.39, 0.29) is 5.97 Å². The standard InChI is InChI=1S/C10H20N2O2/c1-8-4-3-5-12(6-8)7-9(11)10(13)14-2/h8-9H,3-7,11H2,1-2H3. The van der Waals surface area contributed by atoms with Crippen LogP contribution in [-0.2, 0) is 9.53 Å². The molecule has 0 radical (unpaired) electrons. The lowest BCUT2D eigenvalue weighted by molar-refractivity contribution is -0.142. The number of rotatable bonds is 3. The zero-order chi connectivity index (χ0) is 10.6. The second-order valence-corrected chi connectivity index (χ2v) is 4.14. The zero-order valence-electron chi connectivity index (χ0n) is 9.03. The zero-order valence-corrected chi connectivity index (χ0v) is 9.03. The number of esters is 1. The van der Waals surface area contributed by atoms with E-state index in [0.717, 1.165) is 13.1 Å². The van der Waals surface area contributed by atoms with Crippen LogP contribution in [0.2, 0.25) is 0 Å². The smallest absolute Gasteiger partial charge is 0.323 e. The largest absolute Gasteiger partial charge is 0.468 e. The molecule has 2 atom stereocenters. The molecule has 82 valence electrons. The second-order valence-electron chi connectivity index (χ2n) is 4.14. The number of carbonyl (C=O) groups excluding carboxylic acids is 1. The lowest BCUT2D eigenvalue weighted by Gasteiger charge is -2.31. The Kier molecular flexibility index (Phi) is 4.35. The number of nitrogens with two attached hydrogens (primary N) is 1. The molecule has 0 bridgehead atoms. The third-order valence-electron chi connectivity index (χ3n) is 2.70. The monoisotopic (exact) mass is 200 g/mol. The summed E-state index contributed by atoms with van der Waals surface area (Å²) in [5, 5.41) is 0. The van der Waals surface area contributed by atoms with Crippen molar-refractivity contribution in [1.29, 1.82) is 0 Å². The Morgan fingerprint density at radius 1 is 1.71 bits per heavy atom. The minimum atomic E-state index is -0.495. The van der Waals surface area contributed by atoms with Gasteiger partial charge in [0.25, 0.3) is 0 Å². The topological polar surface area (TPSA) is 55.6 Å². The number of carbonyl (C=O) groups is 1. The van der Waals surface area contributed by atoms with Crippen LogP contribution in [-0.4, -0.2) is 43.7 Å². The normalized spacial score (nSPS) is 25.8. The van der Waals surface area contributed by atoms with Gasteiger partial charge in [0.05, 0.1) is 7.11 Å². The summed E-state index contributed by atoms with van der Waals surface area (Å²) in [5.74, 6) is 0.400. The fraction of sp³-hybridized carbons (Fsp3) is 0.900. The predicted molar refractivity (Wildman–Crippen MR) is 54.8 cm³/mol. The highest BCUT2D eigenvalue weighted by molar-refractivity contribution is 5.75. The molecular formula is C10H20N2O2. The number of hydrogen-bond donors (Lipinski definition) is 1. The Hall–Kier alpha value is -0.610. The van der Waals surface area contributed by atoms with E-state index in [9.17, 15) is 4.79 Å². The summed E-state index contributed by atoms with van der Waals surface area (Å²) in [7, 11) is 1.38. The lowest BCUT2D eigenvalue weighted by atomic mass is 10.00. The van der Waals surface area contributed by atoms with E-state index < -0.39 is 6.04 Å². The van der Waals surface area contributed by atoms with Crippen LogP contribution in [0.5, 0.6) is 0 Å². The number of likely N-dealkylation sites (tertiary alicyclic amines) is 1. The van der Waals surface area contributed by atoms with Gasteiger partial charge in [-0.25, -0.2) is 0 Å². The third kappa shape index (κ3) is 3.27. The van der Waals surface area contributed by atoms with Crippen molar-refractivity contribution in [3.8, 4) is 0 Å². The molecule has 0 aliphatic carbocycles. The average Bonchev–Trinajstić information content (AvgIpc) is 2.16. The maximum atomic E-state index is 11.1. The maximum Gasteiger partial charge on any atom is 0.323 e. The van der Waals surface area contributed by atoms with Gasteiger partial charge < -0.3 is 15.4 Å². The van der Waals surface area contributed by atoms with Crippen molar-refractivity contribution in [2.24, 2.45) is 11.7 Å². The van der Waals surface area contributed by atoms with Crippen molar-refractivity contribution in [2.75, 3.05) is 26.7 Å². The Morgan fingerprint density at radius 3 is 3.00 bits per heavy atom. The first-order valence-electron chi connectivity index (χ1n) is 5.19. The highest BCUT2D eigenvalue weighted by Gasteiger charge is 2.21. The molecule has 1 aliphatic rings. The number of methoxy groups -OCH3 is 1. The van der Waals surface area contributed by atoms with Gasteiger partial charge in [-0.2, -0.15) is 0 Å². The van der Waals surface area contributed by atoms with Gasteiger partial charge in [0.2, 0.25) is 0 Å². The molecule has 1 fully saturated rings. The summed E-state index contributed by atoms with van der Waals surface area (Å²) in [6, 6.07) is -0.495. The maximum absolute atomic E-state index is 11.1. The molecule has 2 unspecified atom stereocenters. The first kappa shape index (κ1) is 11.5. The van der Waals surface area contributed by atoms with Crippen LogP contribution in [0.1, 0.15) is 19.8 Å². The molecule has 2 N–H and O–H groups in total. The highest BCUT2D eigenvalue weighted by Crippen LogP contribution is 2.15. The molecule has 1 aliphatic heterocycles. The molecule has 0 spiro atoms. The average molecular weight is 200 g/mol. The van der Waals surface area contributed by atoms with Crippen LogP contribution in [0.3, 0.4) is 0 Å². The lowest BCUT2D eigenvalue weighted by Crippen LogP contribution is -2.46. The Bertz CT molecular complexity index is 197. The van der Waals surface area contributed by atoms with Crippen LogP contribution < -0.4 is 5.73 Å². The summed E-state index contributed by atoms with van der Waals surface area (Å²) in [5.41, 5.74) is 5.69. The Balaban J connectivity index is 2.32. The van der Waals surface area contributed by atoms with E-state index in [4.69, 9.17) is 5.73 Å². The van der Waals surface area contributed by atoms with Gasteiger partial charge in [0.15, 0.2) is 0 Å². The van der Waals surface area contributed by atoms with Crippen molar-refractivity contribution in [3.63, 3.8) is 0 Å². The van der Waals surface area contributed by atoms with E-state index in [0.29, 0.717) is 12.5 Å². The molecule has 0 saturated carbocycles. The molecule has 4 nitrogen and oxygen atoms in total. The minimum Gasteiger partial charge on any atom is -0.468 e. The second kappa shape index (κ2) is 5.32. The molecule has 0 amide bonds. The van der Waals surface area contributed by atoms with Crippen molar-refractivity contribution >= 4 is 5.97 Å². The summed E-state index contributed by atoms with van der Waals surface area (Å²) >= 11 is 0. The Morgan fingerprint density at radius 2 is 2.43 bits per heavy atom. The summed E-state index contributed by atoms with van der Waals surface area (Å²) in [6.45, 7) is 4.95. The summed E-state index contributed by atoms with van der Waals surface area (Å²) in [4.78, 5) is 13.3. The first-order valence-corrected chi connectivity index (χ1v) is 5.19. The van der Waals surface area contributed by atoms with Gasteiger partial charge in [-0.15, -0.1) is 0 Å². The van der Waals surface area contributed by atoms with E-state index >= 15 is 0 Å². The van der Waals surface area contributed by atoms with Crippen LogP contribution in [0.4, 0.5) is 0 Å². The number of nitrogens with zero attached hydrogens (tertiary/aromatic N) is 1. The number of piperidine rings is 1. The molecule has 0 aromatic rings. The van der Waals surface area contributed by atoms with Gasteiger partial charge in [-0.3, -0.25) is 4.79 Å². The molecule has 1 saturated heterocycles. The molecule has 1 heterocycles. The van der Waals surface area contributed by atoms with Gasteiger partial charge in [0, 0.05) is 13.1 Å². The molecule has 14 heavy (non-hydrogen) atoms. The van der Waals surface area contributed by atoms with Crippen molar-refractivity contribution in [3.05, 3.63) is 0 Å². The van der Waals surface area contributed by atoms with E-state index in [2.05, 4.69) is 16.6 Å². The predicted octanol–water partition coefficient (Wildman–Crippen LogP) is 0.219. The van der Waals surface area contributed by atoms with Crippen molar-refractivity contribution < 1.29 is 9.53 Å². The molecule has 1 rings (SSSR count). The van der Waals surface area contributed by atoms with Crippen molar-refractivity contribution in [1.82, 2.24) is 4.90 Å². The van der Waals surface area contributed by atoms with Crippen LogP contribution in [0.25, 0.3) is 0 Å². The minimum absolute atomic E-state index is 0.316. The van der Waals surface area contributed by atoms with Crippen LogP contribution in [0, 0.1) is 5.92 Å². The SMILES string of the molecule is COC(=O)C(N)CN1CCCC(C)C1. The quantitative estimate of drug-likeness (QED) is 0.662. The fourth-order valence-electron chi connectivity index (χ4n) is 1.96. The van der Waals surface area contributed by atoms with E-state index in [1.165, 1.54) is 20.0 Å². The number of hydrogen-bond acceptors (Lipinski definition) is 4. The third-order valence-corrected chi connectivity index (χ3v) is 2.70. The van der Waals surface area contributed by atoms with Crippen molar-refractivity contribution in [2.45, 2.75) is 25.8 Å². The fourth-order valence-corrected chi connectivity index (χ4v) is 1.96. The van der Waals surface area contributed by atoms with E-state index in [1.807, 2.05) is 0 Å². The molecule has 0 aromatic carbocycles. The van der Waals surface area contributed by atoms with Gasteiger partial charge in [-0.05, 0) is 25.3 Å². The molecule has 0 aromatic heterocycles. The Labute approximate surface area is 85.4 Å². The summed E-state index contributed by atoms with van der Waals surface area (Å²) < 4.78 is 4.59.